The van der Waals surface area contributed by atoms with Gasteiger partial charge in [-0.1, -0.05) is 0 Å². The van der Waals surface area contributed by atoms with Crippen molar-refractivity contribution in [2.75, 3.05) is 6.61 Å². The molecular weight excluding hydrogens is 336 g/mol. The Kier molecular flexibility index (Phi) is 5.54. The van der Waals surface area contributed by atoms with Crippen molar-refractivity contribution in [3.05, 3.63) is 35.1 Å². The van der Waals surface area contributed by atoms with E-state index in [0.29, 0.717) is 6.07 Å². The molecule has 0 aromatic heterocycles. The van der Waals surface area contributed by atoms with Gasteiger partial charge in [0.05, 0.1) is 24.2 Å². The first-order chi connectivity index (χ1) is 11.5. The molecule has 0 radical (unpaired) electrons. The van der Waals surface area contributed by atoms with Gasteiger partial charge in [-0.25, -0.2) is 13.2 Å². The van der Waals surface area contributed by atoms with Crippen molar-refractivity contribution in [3.63, 3.8) is 0 Å². The van der Waals surface area contributed by atoms with Gasteiger partial charge in [0.2, 0.25) is 0 Å². The third-order valence-corrected chi connectivity index (χ3v) is 4.73. The zero-order chi connectivity index (χ0) is 19.0. The Bertz CT molecular complexity index is 648. The van der Waals surface area contributed by atoms with Crippen LogP contribution in [0.2, 0.25) is 0 Å². The molecule has 1 aliphatic heterocycles. The van der Waals surface area contributed by atoms with E-state index < -0.39 is 47.6 Å². The van der Waals surface area contributed by atoms with Gasteiger partial charge < -0.3 is 14.0 Å². The molecule has 1 aromatic rings. The van der Waals surface area contributed by atoms with Crippen LogP contribution >= 0.6 is 0 Å². The van der Waals surface area contributed by atoms with Crippen LogP contribution in [0.5, 0.6) is 0 Å². The second kappa shape index (κ2) is 7.00. The fourth-order valence-electron chi connectivity index (χ4n) is 2.63. The zero-order valence-electron chi connectivity index (χ0n) is 15.0. The Labute approximate surface area is 145 Å². The summed E-state index contributed by atoms with van der Waals surface area (Å²) in [6.07, 6.45) is -0.285. The first-order valence-electron chi connectivity index (χ1n) is 8.14. The predicted molar refractivity (Wildman–Crippen MR) is 86.4 cm³/mol. The quantitative estimate of drug-likeness (QED) is 0.457. The van der Waals surface area contributed by atoms with Crippen molar-refractivity contribution in [2.24, 2.45) is 0 Å². The monoisotopic (exact) mass is 358 g/mol. The normalized spacial score (nSPS) is 19.8. The topological polar surface area (TPSA) is 44.8 Å². The number of hydrogen-bond acceptors (Lipinski definition) is 4. The summed E-state index contributed by atoms with van der Waals surface area (Å²) in [7, 11) is -1.01. The van der Waals surface area contributed by atoms with E-state index in [1.807, 2.05) is 0 Å². The maximum Gasteiger partial charge on any atom is 0.466 e. The maximum absolute atomic E-state index is 14.3. The lowest BCUT2D eigenvalue weighted by Gasteiger charge is -2.32. The van der Waals surface area contributed by atoms with Gasteiger partial charge in [0.25, 0.3) is 0 Å². The van der Waals surface area contributed by atoms with Crippen LogP contribution in [-0.4, -0.2) is 30.9 Å². The second-order valence-corrected chi connectivity index (χ2v) is 7.03. The lowest BCUT2D eigenvalue weighted by atomic mass is 9.66. The lowest BCUT2D eigenvalue weighted by molar-refractivity contribution is -0.143. The van der Waals surface area contributed by atoms with Gasteiger partial charge >= 0.3 is 13.1 Å². The highest BCUT2D eigenvalue weighted by Crippen LogP contribution is 2.42. The van der Waals surface area contributed by atoms with Crippen molar-refractivity contribution in [2.45, 2.75) is 58.1 Å². The number of rotatable bonds is 5. The minimum atomic E-state index is -1.30. The molecule has 25 heavy (non-hydrogen) atoms. The predicted octanol–water partition coefficient (Wildman–Crippen LogP) is 3.77. The lowest BCUT2D eigenvalue weighted by Crippen LogP contribution is -2.41. The molecule has 1 aliphatic rings. The Morgan fingerprint density at radius 2 is 1.60 bits per heavy atom. The average Bonchev–Trinajstić information content (AvgIpc) is 2.69. The Hall–Kier alpha value is -1.54. The number of carbonyl (C=O) groups is 1. The zero-order valence-corrected chi connectivity index (χ0v) is 15.0. The summed E-state index contributed by atoms with van der Waals surface area (Å²) in [5.41, 5.74) is -1.63. The number of esters is 1. The van der Waals surface area contributed by atoms with Crippen LogP contribution in [0.25, 0.3) is 0 Å². The summed E-state index contributed by atoms with van der Waals surface area (Å²) in [6.45, 7) is 8.99. The highest BCUT2D eigenvalue weighted by Gasteiger charge is 2.54. The van der Waals surface area contributed by atoms with E-state index in [-0.39, 0.29) is 18.6 Å². The molecule has 1 heterocycles. The van der Waals surface area contributed by atoms with E-state index in [1.165, 1.54) is 0 Å². The standard InChI is InChI=1S/C17H22BF3O4/c1-6-23-15(22)8-11(10-7-13(20)14(21)9-12(10)19)18-24-16(2,3)17(4,5)25-18/h7,9,11H,6,8H2,1-5H3. The summed E-state index contributed by atoms with van der Waals surface area (Å²) in [5, 5.41) is 0. The number of halogens is 3. The van der Waals surface area contributed by atoms with Crippen LogP contribution in [0, 0.1) is 17.5 Å². The number of carbonyl (C=O) groups excluding carboxylic acids is 1. The average molecular weight is 358 g/mol. The molecule has 0 N–H and O–H groups in total. The van der Waals surface area contributed by atoms with Crippen molar-refractivity contribution in [1.82, 2.24) is 0 Å². The van der Waals surface area contributed by atoms with E-state index in [2.05, 4.69) is 0 Å². The van der Waals surface area contributed by atoms with Gasteiger partial charge in [-0.2, -0.15) is 0 Å². The molecule has 1 unspecified atom stereocenters. The smallest absolute Gasteiger partial charge is 0.466 e. The minimum absolute atomic E-state index is 0.148. The fourth-order valence-corrected chi connectivity index (χ4v) is 2.63. The van der Waals surface area contributed by atoms with Gasteiger partial charge in [0.1, 0.15) is 5.82 Å². The summed E-state index contributed by atoms with van der Waals surface area (Å²) in [4.78, 5) is 11.9. The Morgan fingerprint density at radius 1 is 1.08 bits per heavy atom. The molecule has 8 heteroatoms. The van der Waals surface area contributed by atoms with Crippen LogP contribution < -0.4 is 0 Å². The molecule has 1 saturated heterocycles. The van der Waals surface area contributed by atoms with Gasteiger partial charge in [-0.3, -0.25) is 4.79 Å². The fraction of sp³-hybridized carbons (Fsp3) is 0.588. The number of ether oxygens (including phenoxy) is 1. The molecule has 1 atom stereocenters. The largest absolute Gasteiger partial charge is 0.466 e. The van der Waals surface area contributed by atoms with Crippen LogP contribution in [0.4, 0.5) is 13.2 Å². The number of hydrogen-bond donors (Lipinski definition) is 0. The highest BCUT2D eigenvalue weighted by molar-refractivity contribution is 6.48. The third-order valence-electron chi connectivity index (χ3n) is 4.73. The van der Waals surface area contributed by atoms with Crippen molar-refractivity contribution in [1.29, 1.82) is 0 Å². The van der Waals surface area contributed by atoms with Crippen LogP contribution in [0.15, 0.2) is 12.1 Å². The SMILES string of the molecule is CCOC(=O)CC(B1OC(C)(C)C(C)(C)O1)c1cc(F)c(F)cc1F. The van der Waals surface area contributed by atoms with Crippen molar-refractivity contribution < 1.29 is 32.0 Å². The summed E-state index contributed by atoms with van der Waals surface area (Å²) < 4.78 is 57.9. The van der Waals surface area contributed by atoms with Crippen LogP contribution in [0.1, 0.15) is 52.4 Å². The Morgan fingerprint density at radius 3 is 2.12 bits per heavy atom. The van der Waals surface area contributed by atoms with Gasteiger partial charge in [-0.15, -0.1) is 0 Å². The summed E-state index contributed by atoms with van der Waals surface area (Å²) >= 11 is 0. The first-order valence-corrected chi connectivity index (χ1v) is 8.14. The first kappa shape index (κ1) is 19.8. The molecule has 0 bridgehead atoms. The molecule has 138 valence electrons. The third kappa shape index (κ3) is 4.01. The molecule has 0 saturated carbocycles. The highest BCUT2D eigenvalue weighted by atomic mass is 19.2. The maximum atomic E-state index is 14.3. The van der Waals surface area contributed by atoms with E-state index in [4.69, 9.17) is 14.0 Å². The van der Waals surface area contributed by atoms with E-state index in [1.54, 1.807) is 34.6 Å². The molecule has 1 fully saturated rings. The summed E-state index contributed by atoms with van der Waals surface area (Å²) in [5.74, 6) is -5.06. The van der Waals surface area contributed by atoms with E-state index >= 15 is 0 Å². The number of benzene rings is 1. The molecule has 1 aromatic carbocycles. The van der Waals surface area contributed by atoms with Crippen LogP contribution in [-0.2, 0) is 18.8 Å². The molecular formula is C17H22BF3O4. The van der Waals surface area contributed by atoms with Gasteiger partial charge in [-0.05, 0) is 46.2 Å². The van der Waals surface area contributed by atoms with E-state index in [9.17, 15) is 18.0 Å². The van der Waals surface area contributed by atoms with Crippen LogP contribution in [0.3, 0.4) is 0 Å². The Balaban J connectivity index is 2.41. The molecule has 4 nitrogen and oxygen atoms in total. The molecule has 0 amide bonds. The van der Waals surface area contributed by atoms with Crippen molar-refractivity contribution in [3.8, 4) is 0 Å². The van der Waals surface area contributed by atoms with Crippen molar-refractivity contribution >= 4 is 13.1 Å². The molecule has 0 spiro atoms. The molecule has 2 rings (SSSR count). The van der Waals surface area contributed by atoms with E-state index in [0.717, 1.165) is 6.07 Å². The van der Waals surface area contributed by atoms with Gasteiger partial charge in [0.15, 0.2) is 11.6 Å². The summed E-state index contributed by atoms with van der Waals surface area (Å²) in [6, 6.07) is 1.19. The minimum Gasteiger partial charge on any atom is -0.466 e. The second-order valence-electron chi connectivity index (χ2n) is 7.03. The van der Waals surface area contributed by atoms with Gasteiger partial charge in [0, 0.05) is 11.9 Å². The molecule has 0 aliphatic carbocycles.